The summed E-state index contributed by atoms with van der Waals surface area (Å²) in [6.45, 7) is 7.01. The topological polar surface area (TPSA) is 0 Å². The average Bonchev–Trinajstić information content (AvgIpc) is 3.01. The van der Waals surface area contributed by atoms with Gasteiger partial charge in [0.25, 0.3) is 0 Å². The van der Waals surface area contributed by atoms with Crippen molar-refractivity contribution in [1.29, 1.82) is 0 Å². The Bertz CT molecular complexity index is 724. The van der Waals surface area contributed by atoms with Crippen molar-refractivity contribution in [1.82, 2.24) is 0 Å². The lowest BCUT2D eigenvalue weighted by Crippen LogP contribution is -2.17. The zero-order chi connectivity index (χ0) is 15.3. The Morgan fingerprint density at radius 3 is 1.55 bits per heavy atom. The minimum atomic E-state index is 0.538. The lowest BCUT2D eigenvalue weighted by atomic mass is 9.73. The van der Waals surface area contributed by atoms with Gasteiger partial charge in [-0.25, -0.2) is 0 Å². The third-order valence-electron chi connectivity index (χ3n) is 5.46. The number of benzene rings is 2. The predicted molar refractivity (Wildman–Crippen MR) is 94.8 cm³/mol. The van der Waals surface area contributed by atoms with Gasteiger partial charge >= 0.3 is 0 Å². The molecule has 0 amide bonds. The van der Waals surface area contributed by atoms with Gasteiger partial charge in [0.15, 0.2) is 0 Å². The molecule has 0 bridgehead atoms. The number of rotatable bonds is 2. The predicted octanol–water partition coefficient (Wildman–Crippen LogP) is 6.02. The number of hydrogen-bond donors (Lipinski definition) is 0. The van der Waals surface area contributed by atoms with Crippen LogP contribution in [0.15, 0.2) is 59.7 Å². The van der Waals surface area contributed by atoms with E-state index in [1.807, 2.05) is 0 Å². The highest BCUT2D eigenvalue weighted by Crippen LogP contribution is 2.50. The highest BCUT2D eigenvalue weighted by molar-refractivity contribution is 5.69. The molecule has 0 nitrogen and oxygen atoms in total. The van der Waals surface area contributed by atoms with E-state index in [0.29, 0.717) is 17.8 Å². The van der Waals surface area contributed by atoms with Crippen LogP contribution in [0.3, 0.4) is 0 Å². The molecule has 0 aromatic heterocycles. The van der Waals surface area contributed by atoms with Crippen LogP contribution in [0, 0.1) is 5.92 Å². The molecule has 2 aliphatic rings. The summed E-state index contributed by atoms with van der Waals surface area (Å²) in [5, 5.41) is 0. The van der Waals surface area contributed by atoms with E-state index in [-0.39, 0.29) is 0 Å². The van der Waals surface area contributed by atoms with Crippen LogP contribution in [-0.2, 0) is 0 Å². The summed E-state index contributed by atoms with van der Waals surface area (Å²) < 4.78 is 0. The summed E-state index contributed by atoms with van der Waals surface area (Å²) in [5.41, 5.74) is 8.83. The van der Waals surface area contributed by atoms with Crippen LogP contribution >= 0.6 is 0 Å². The van der Waals surface area contributed by atoms with Gasteiger partial charge in [-0.15, -0.1) is 0 Å². The van der Waals surface area contributed by atoms with E-state index in [1.54, 1.807) is 0 Å². The SMILES string of the molecule is CC1=Cc2ccccc2C1C(C)C1C(C)=Cc2ccccc21. The Morgan fingerprint density at radius 1 is 0.682 bits per heavy atom. The fourth-order valence-electron chi connectivity index (χ4n) is 4.60. The number of hydrogen-bond acceptors (Lipinski definition) is 0. The fraction of sp³-hybridized carbons (Fsp3) is 0.273. The molecule has 0 N–H and O–H groups in total. The van der Waals surface area contributed by atoms with E-state index in [1.165, 1.54) is 33.4 Å². The van der Waals surface area contributed by atoms with Gasteiger partial charge in [-0.05, 0) is 42.0 Å². The summed E-state index contributed by atoms with van der Waals surface area (Å²) in [6.07, 6.45) is 4.74. The molecule has 0 fully saturated rings. The third kappa shape index (κ3) is 1.90. The van der Waals surface area contributed by atoms with Crippen LogP contribution in [0.5, 0.6) is 0 Å². The molecule has 2 aromatic carbocycles. The van der Waals surface area contributed by atoms with Gasteiger partial charge < -0.3 is 0 Å². The van der Waals surface area contributed by atoms with E-state index in [2.05, 4.69) is 81.5 Å². The van der Waals surface area contributed by atoms with Crippen LogP contribution in [-0.4, -0.2) is 0 Å². The molecule has 0 saturated heterocycles. The van der Waals surface area contributed by atoms with Crippen LogP contribution in [0.4, 0.5) is 0 Å². The van der Waals surface area contributed by atoms with Crippen molar-refractivity contribution < 1.29 is 0 Å². The smallest absolute Gasteiger partial charge is 0.00892 e. The zero-order valence-electron chi connectivity index (χ0n) is 13.5. The molecule has 0 spiro atoms. The van der Waals surface area contributed by atoms with Crippen molar-refractivity contribution in [2.24, 2.45) is 5.92 Å². The quantitative estimate of drug-likeness (QED) is 0.633. The van der Waals surface area contributed by atoms with Crippen LogP contribution < -0.4 is 0 Å². The molecule has 0 heterocycles. The first-order valence-electron chi connectivity index (χ1n) is 8.21. The van der Waals surface area contributed by atoms with Gasteiger partial charge in [0.1, 0.15) is 0 Å². The zero-order valence-corrected chi connectivity index (χ0v) is 13.5. The van der Waals surface area contributed by atoms with Crippen molar-refractivity contribution in [2.75, 3.05) is 0 Å². The highest BCUT2D eigenvalue weighted by Gasteiger charge is 2.36. The van der Waals surface area contributed by atoms with Gasteiger partial charge in [-0.2, -0.15) is 0 Å². The molecule has 0 saturated carbocycles. The Morgan fingerprint density at radius 2 is 1.09 bits per heavy atom. The molecule has 110 valence electrons. The van der Waals surface area contributed by atoms with Gasteiger partial charge in [0, 0.05) is 11.8 Å². The molecule has 2 atom stereocenters. The maximum atomic E-state index is 2.42. The second kappa shape index (κ2) is 4.98. The van der Waals surface area contributed by atoms with Crippen molar-refractivity contribution in [3.63, 3.8) is 0 Å². The van der Waals surface area contributed by atoms with Gasteiger partial charge in [-0.1, -0.05) is 78.8 Å². The van der Waals surface area contributed by atoms with Crippen LogP contribution in [0.1, 0.15) is 54.9 Å². The molecule has 2 aliphatic carbocycles. The van der Waals surface area contributed by atoms with Gasteiger partial charge in [-0.3, -0.25) is 0 Å². The lowest BCUT2D eigenvalue weighted by Gasteiger charge is -2.30. The Balaban J connectivity index is 1.76. The molecule has 22 heavy (non-hydrogen) atoms. The Kier molecular flexibility index (Phi) is 3.07. The molecular formula is C22H22. The third-order valence-corrected chi connectivity index (χ3v) is 5.46. The van der Waals surface area contributed by atoms with Crippen molar-refractivity contribution >= 4 is 12.2 Å². The number of fused-ring (bicyclic) bond motifs is 2. The summed E-state index contributed by atoms with van der Waals surface area (Å²) in [5.74, 6) is 1.66. The summed E-state index contributed by atoms with van der Waals surface area (Å²) >= 11 is 0. The summed E-state index contributed by atoms with van der Waals surface area (Å²) in [7, 11) is 0. The average molecular weight is 286 g/mol. The molecule has 0 heteroatoms. The first kappa shape index (κ1) is 13.6. The molecule has 4 rings (SSSR count). The largest absolute Gasteiger partial charge is 0.0649 e. The molecular weight excluding hydrogens is 264 g/mol. The van der Waals surface area contributed by atoms with E-state index in [4.69, 9.17) is 0 Å². The second-order valence-electron chi connectivity index (χ2n) is 6.85. The maximum Gasteiger partial charge on any atom is 0.00892 e. The van der Waals surface area contributed by atoms with E-state index >= 15 is 0 Å². The highest BCUT2D eigenvalue weighted by atomic mass is 14.4. The standard InChI is InChI=1S/C22H22/c1-14-12-17-8-4-6-10-19(17)21(14)16(3)22-15(2)13-18-9-5-7-11-20(18)22/h4-13,16,21-22H,1-3H3. The van der Waals surface area contributed by atoms with Crippen LogP contribution in [0.2, 0.25) is 0 Å². The normalized spacial score (nSPS) is 23.6. The first-order chi connectivity index (χ1) is 10.7. The Hall–Kier alpha value is -2.08. The fourth-order valence-corrected chi connectivity index (χ4v) is 4.60. The van der Waals surface area contributed by atoms with Gasteiger partial charge in [0.2, 0.25) is 0 Å². The molecule has 0 aliphatic heterocycles. The van der Waals surface area contributed by atoms with Gasteiger partial charge in [0.05, 0.1) is 0 Å². The monoisotopic (exact) mass is 286 g/mol. The van der Waals surface area contributed by atoms with Crippen LogP contribution in [0.25, 0.3) is 12.2 Å². The Labute approximate surface area is 133 Å². The van der Waals surface area contributed by atoms with E-state index in [0.717, 1.165) is 0 Å². The minimum absolute atomic E-state index is 0.538. The summed E-state index contributed by atoms with van der Waals surface area (Å²) in [6, 6.07) is 17.8. The summed E-state index contributed by atoms with van der Waals surface area (Å²) in [4.78, 5) is 0. The first-order valence-corrected chi connectivity index (χ1v) is 8.21. The number of allylic oxidation sites excluding steroid dienone is 2. The molecule has 2 aromatic rings. The minimum Gasteiger partial charge on any atom is -0.0649 e. The van der Waals surface area contributed by atoms with Crippen molar-refractivity contribution in [3.8, 4) is 0 Å². The van der Waals surface area contributed by atoms with E-state index < -0.39 is 0 Å². The lowest BCUT2D eigenvalue weighted by molar-refractivity contribution is 0.455. The van der Waals surface area contributed by atoms with Crippen molar-refractivity contribution in [2.45, 2.75) is 32.6 Å². The molecule has 2 unspecified atom stereocenters. The van der Waals surface area contributed by atoms with Crippen molar-refractivity contribution in [3.05, 3.63) is 81.9 Å². The van der Waals surface area contributed by atoms with E-state index in [9.17, 15) is 0 Å². The maximum absolute atomic E-state index is 2.42. The second-order valence-corrected chi connectivity index (χ2v) is 6.85. The molecule has 0 radical (unpaired) electrons.